The lowest BCUT2D eigenvalue weighted by molar-refractivity contribution is -0.757. The summed E-state index contributed by atoms with van der Waals surface area (Å²) in [6.45, 7) is 3.24. The Hall–Kier alpha value is -1.98. The highest BCUT2D eigenvalue weighted by molar-refractivity contribution is 5.93. The minimum Gasteiger partial charge on any atom is -1.00 e. The third-order valence-electron chi connectivity index (χ3n) is 2.53. The molecule has 1 heterocycles. The first-order valence-corrected chi connectivity index (χ1v) is 6.61. The number of nitrogens with zero attached hydrogens (tertiary/aromatic N) is 2. The SMILES string of the molecule is CC(C)C(=O)OC[n+]1cccc(C(=O)NCCO[N+](=O)[O-])c1.[I-]. The lowest BCUT2D eigenvalue weighted by Crippen LogP contribution is -3.00. The van der Waals surface area contributed by atoms with Crippen molar-refractivity contribution in [2.45, 2.75) is 20.6 Å². The molecule has 0 radical (unpaired) electrons. The standard InChI is InChI=1S/C13H17N3O6.HI/c1-10(2)13(18)21-9-15-6-3-4-11(8-15)12(17)14-5-7-22-16(19)20;/h3-4,6,8,10H,5,7,9H2,1-2H3;1H. The van der Waals surface area contributed by atoms with Crippen LogP contribution in [-0.2, 0) is 21.1 Å². The van der Waals surface area contributed by atoms with Crippen molar-refractivity contribution in [2.24, 2.45) is 5.92 Å². The number of amides is 1. The molecule has 0 aromatic carbocycles. The summed E-state index contributed by atoms with van der Waals surface area (Å²) in [6, 6.07) is 3.20. The summed E-state index contributed by atoms with van der Waals surface area (Å²) in [5, 5.41) is 11.5. The molecule has 1 rings (SSSR count). The molecule has 0 saturated heterocycles. The minimum atomic E-state index is -0.925. The Kier molecular flexibility index (Phi) is 9.78. The van der Waals surface area contributed by atoms with Crippen molar-refractivity contribution in [3.63, 3.8) is 0 Å². The molecule has 10 heteroatoms. The average molecular weight is 439 g/mol. The number of ether oxygens (including phenoxy) is 1. The van der Waals surface area contributed by atoms with Gasteiger partial charge in [0.2, 0.25) is 0 Å². The van der Waals surface area contributed by atoms with E-state index in [2.05, 4.69) is 10.2 Å². The first-order chi connectivity index (χ1) is 10.4. The summed E-state index contributed by atoms with van der Waals surface area (Å²) in [5.41, 5.74) is 0.337. The van der Waals surface area contributed by atoms with Gasteiger partial charge in [0.1, 0.15) is 12.2 Å². The van der Waals surface area contributed by atoms with Crippen molar-refractivity contribution >= 4 is 11.9 Å². The molecule has 1 aromatic heterocycles. The topological polar surface area (TPSA) is 112 Å². The zero-order valence-electron chi connectivity index (χ0n) is 12.7. The third-order valence-corrected chi connectivity index (χ3v) is 2.53. The summed E-state index contributed by atoms with van der Waals surface area (Å²) in [4.78, 5) is 37.3. The van der Waals surface area contributed by atoms with E-state index in [4.69, 9.17) is 4.74 Å². The van der Waals surface area contributed by atoms with Crippen molar-refractivity contribution in [1.82, 2.24) is 5.32 Å². The maximum absolute atomic E-state index is 11.8. The van der Waals surface area contributed by atoms with Gasteiger partial charge in [-0.1, -0.05) is 13.8 Å². The van der Waals surface area contributed by atoms with Gasteiger partial charge in [-0.3, -0.25) is 9.59 Å². The second-order valence-corrected chi connectivity index (χ2v) is 4.67. The predicted molar refractivity (Wildman–Crippen MR) is 72.8 cm³/mol. The molecule has 1 N–H and O–H groups in total. The maximum Gasteiger partial charge on any atom is 0.313 e. The van der Waals surface area contributed by atoms with E-state index in [-0.39, 0.29) is 55.7 Å². The molecule has 9 nitrogen and oxygen atoms in total. The van der Waals surface area contributed by atoms with E-state index >= 15 is 0 Å². The Labute approximate surface area is 150 Å². The number of hydrogen-bond donors (Lipinski definition) is 1. The Morgan fingerprint density at radius 1 is 1.43 bits per heavy atom. The van der Waals surface area contributed by atoms with Gasteiger partial charge in [-0.05, 0) is 6.07 Å². The molecule has 128 valence electrons. The van der Waals surface area contributed by atoms with E-state index < -0.39 is 11.0 Å². The Morgan fingerprint density at radius 3 is 2.74 bits per heavy atom. The molecule has 0 aliphatic rings. The van der Waals surface area contributed by atoms with Crippen LogP contribution in [0.25, 0.3) is 0 Å². The molecule has 0 unspecified atom stereocenters. The molecule has 0 fully saturated rings. The largest absolute Gasteiger partial charge is 1.00 e. The van der Waals surface area contributed by atoms with Crippen LogP contribution in [0.5, 0.6) is 0 Å². The number of rotatable bonds is 8. The fourth-order valence-corrected chi connectivity index (χ4v) is 1.43. The van der Waals surface area contributed by atoms with E-state index in [1.165, 1.54) is 6.20 Å². The van der Waals surface area contributed by atoms with Crippen LogP contribution in [0.4, 0.5) is 0 Å². The molecule has 0 atom stereocenters. The predicted octanol–water partition coefficient (Wildman–Crippen LogP) is -2.93. The number of halogens is 1. The van der Waals surface area contributed by atoms with Crippen LogP contribution >= 0.6 is 0 Å². The highest BCUT2D eigenvalue weighted by atomic mass is 127. The first kappa shape index (κ1) is 21.0. The molecule has 23 heavy (non-hydrogen) atoms. The summed E-state index contributed by atoms with van der Waals surface area (Å²) < 4.78 is 6.59. The van der Waals surface area contributed by atoms with Crippen molar-refractivity contribution in [3.05, 3.63) is 40.2 Å². The van der Waals surface area contributed by atoms with Gasteiger partial charge in [0.05, 0.1) is 5.92 Å². The van der Waals surface area contributed by atoms with Crippen molar-refractivity contribution in [2.75, 3.05) is 13.2 Å². The fourth-order valence-electron chi connectivity index (χ4n) is 1.43. The van der Waals surface area contributed by atoms with Crippen LogP contribution < -0.4 is 33.9 Å². The summed E-state index contributed by atoms with van der Waals surface area (Å²) in [5.74, 6) is -0.968. The fraction of sp³-hybridized carbons (Fsp3) is 0.462. The van der Waals surface area contributed by atoms with Crippen LogP contribution in [0.2, 0.25) is 0 Å². The molecule has 0 bridgehead atoms. The molecule has 1 amide bonds. The van der Waals surface area contributed by atoms with E-state index in [9.17, 15) is 19.7 Å². The molecule has 0 saturated carbocycles. The zero-order valence-corrected chi connectivity index (χ0v) is 14.9. The quantitative estimate of drug-likeness (QED) is 0.116. The number of nitrogens with one attached hydrogen (secondary N) is 1. The Morgan fingerprint density at radius 2 is 2.13 bits per heavy atom. The van der Waals surface area contributed by atoms with E-state index in [1.54, 1.807) is 36.7 Å². The number of hydrogen-bond acceptors (Lipinski definition) is 6. The maximum atomic E-state index is 11.8. The van der Waals surface area contributed by atoms with Crippen LogP contribution in [-0.4, -0.2) is 30.1 Å². The number of carbonyl (C=O) groups excluding carboxylic acids is 2. The number of pyridine rings is 1. The van der Waals surface area contributed by atoms with Gasteiger partial charge in [-0.25, -0.2) is 0 Å². The highest BCUT2D eigenvalue weighted by Gasteiger charge is 2.13. The molecule has 1 aromatic rings. The monoisotopic (exact) mass is 439 g/mol. The van der Waals surface area contributed by atoms with Gasteiger partial charge in [-0.15, -0.1) is 10.1 Å². The minimum absolute atomic E-state index is 0. The second kappa shape index (κ2) is 10.7. The van der Waals surface area contributed by atoms with E-state index in [0.717, 1.165) is 0 Å². The third kappa shape index (κ3) is 8.28. The number of carbonyl (C=O) groups is 2. The molecule has 0 aliphatic carbocycles. The smallest absolute Gasteiger partial charge is 0.313 e. The van der Waals surface area contributed by atoms with Crippen molar-refractivity contribution < 1.29 is 52.8 Å². The van der Waals surface area contributed by atoms with Gasteiger partial charge in [0.25, 0.3) is 17.7 Å². The molecule has 0 spiro atoms. The van der Waals surface area contributed by atoms with Gasteiger partial charge in [-0.2, -0.15) is 4.57 Å². The van der Waals surface area contributed by atoms with Gasteiger partial charge in [0, 0.05) is 12.6 Å². The van der Waals surface area contributed by atoms with Crippen LogP contribution in [0.1, 0.15) is 24.2 Å². The Bertz CT molecular complexity index is 552. The first-order valence-electron chi connectivity index (χ1n) is 6.61. The summed E-state index contributed by atoms with van der Waals surface area (Å²) in [7, 11) is 0. The lowest BCUT2D eigenvalue weighted by atomic mass is 10.2. The van der Waals surface area contributed by atoms with Crippen LogP contribution in [0.15, 0.2) is 24.5 Å². The zero-order chi connectivity index (χ0) is 16.5. The molecular formula is C13H18IN3O6. The van der Waals surface area contributed by atoms with Gasteiger partial charge in [0.15, 0.2) is 12.4 Å². The average Bonchev–Trinajstić information content (AvgIpc) is 2.48. The van der Waals surface area contributed by atoms with Gasteiger partial charge >= 0.3 is 5.97 Å². The normalized spacial score (nSPS) is 9.70. The van der Waals surface area contributed by atoms with E-state index in [1.807, 2.05) is 0 Å². The van der Waals surface area contributed by atoms with Crippen LogP contribution in [0, 0.1) is 16.0 Å². The van der Waals surface area contributed by atoms with Gasteiger partial charge < -0.3 is 38.9 Å². The van der Waals surface area contributed by atoms with Crippen molar-refractivity contribution in [1.29, 1.82) is 0 Å². The van der Waals surface area contributed by atoms with E-state index in [0.29, 0.717) is 5.56 Å². The molecular weight excluding hydrogens is 421 g/mol. The summed E-state index contributed by atoms with van der Waals surface area (Å²) >= 11 is 0. The summed E-state index contributed by atoms with van der Waals surface area (Å²) in [6.07, 6.45) is 3.16. The lowest BCUT2D eigenvalue weighted by Gasteiger charge is -2.05. The number of esters is 1. The van der Waals surface area contributed by atoms with Crippen LogP contribution in [0.3, 0.4) is 0 Å². The molecule has 0 aliphatic heterocycles. The number of aromatic nitrogens is 1. The highest BCUT2D eigenvalue weighted by Crippen LogP contribution is 1.97. The van der Waals surface area contributed by atoms with Crippen molar-refractivity contribution in [3.8, 4) is 0 Å². The Balaban J connectivity index is 0.00000484. The second-order valence-electron chi connectivity index (χ2n) is 4.67.